The molecule has 2 amide bonds. The van der Waals surface area contributed by atoms with Crippen molar-refractivity contribution < 1.29 is 19.4 Å². The van der Waals surface area contributed by atoms with Crippen molar-refractivity contribution in [2.45, 2.75) is 19.8 Å². The number of nitriles is 1. The molecule has 0 radical (unpaired) electrons. The van der Waals surface area contributed by atoms with Crippen LogP contribution in [0.4, 0.5) is 10.5 Å². The van der Waals surface area contributed by atoms with E-state index in [9.17, 15) is 14.4 Å². The van der Waals surface area contributed by atoms with Crippen LogP contribution in [0.5, 0.6) is 11.5 Å². The molecule has 3 N–H and O–H groups in total. The van der Waals surface area contributed by atoms with Crippen molar-refractivity contribution in [1.29, 1.82) is 5.26 Å². The number of aryl methyl sites for hydroxylation is 1. The van der Waals surface area contributed by atoms with Gasteiger partial charge in [-0.2, -0.15) is 10.4 Å². The number of nitrogens with zero attached hydrogens (tertiary/aromatic N) is 3. The molecule has 10 nitrogen and oxygen atoms in total. The molecule has 0 spiro atoms. The Labute approximate surface area is 186 Å². The lowest BCUT2D eigenvalue weighted by atomic mass is 10.1. The second kappa shape index (κ2) is 9.97. The van der Waals surface area contributed by atoms with Gasteiger partial charge < -0.3 is 14.4 Å². The van der Waals surface area contributed by atoms with Gasteiger partial charge in [-0.15, -0.1) is 0 Å². The van der Waals surface area contributed by atoms with Gasteiger partial charge >= 0.3 is 6.09 Å². The molecule has 0 aliphatic carbocycles. The molecule has 0 saturated carbocycles. The SMILES string of the molecule is CC(C)c1cc(Oc2c(Cl)cc(NN=C(C#N)C(=O)NC(=O)O)cc2Cl)cn(C)c1=O. The maximum absolute atomic E-state index is 12.2. The first-order valence-corrected chi connectivity index (χ1v) is 9.44. The lowest BCUT2D eigenvalue weighted by Gasteiger charge is -2.14. The number of hydrogen-bond donors (Lipinski definition) is 3. The molecular weight excluding hydrogens is 449 g/mol. The molecule has 0 aliphatic heterocycles. The van der Waals surface area contributed by atoms with Crippen LogP contribution in [0, 0.1) is 11.3 Å². The van der Waals surface area contributed by atoms with Crippen LogP contribution >= 0.6 is 23.2 Å². The summed E-state index contributed by atoms with van der Waals surface area (Å²) in [5, 5.41) is 22.7. The number of benzene rings is 1. The van der Waals surface area contributed by atoms with E-state index in [-0.39, 0.29) is 33.0 Å². The highest BCUT2D eigenvalue weighted by molar-refractivity contribution is 6.46. The maximum Gasteiger partial charge on any atom is 0.411 e. The van der Waals surface area contributed by atoms with Crippen LogP contribution < -0.4 is 21.0 Å². The number of carboxylic acid groups (broad SMARTS) is 1. The number of amides is 2. The largest absolute Gasteiger partial charge is 0.465 e. The molecule has 162 valence electrons. The number of rotatable bonds is 6. The van der Waals surface area contributed by atoms with E-state index < -0.39 is 17.7 Å². The maximum atomic E-state index is 12.2. The number of carbonyl (C=O) groups is 2. The summed E-state index contributed by atoms with van der Waals surface area (Å²) in [5.41, 5.74) is 2.31. The first-order valence-electron chi connectivity index (χ1n) is 8.69. The number of halogens is 2. The van der Waals surface area contributed by atoms with Gasteiger partial charge in [0.1, 0.15) is 11.8 Å². The fraction of sp³-hybridized carbons (Fsp3) is 0.211. The summed E-state index contributed by atoms with van der Waals surface area (Å²) in [6.07, 6.45) is -0.128. The van der Waals surface area contributed by atoms with Crippen LogP contribution in [-0.4, -0.2) is 27.4 Å². The molecule has 31 heavy (non-hydrogen) atoms. The molecule has 0 bridgehead atoms. The highest BCUT2D eigenvalue weighted by Gasteiger charge is 2.16. The molecule has 2 rings (SSSR count). The van der Waals surface area contributed by atoms with Gasteiger partial charge in [-0.1, -0.05) is 37.0 Å². The molecule has 0 fully saturated rings. The van der Waals surface area contributed by atoms with Gasteiger partial charge in [0, 0.05) is 18.8 Å². The van der Waals surface area contributed by atoms with E-state index in [2.05, 4.69) is 10.5 Å². The summed E-state index contributed by atoms with van der Waals surface area (Å²) >= 11 is 12.5. The van der Waals surface area contributed by atoms with E-state index in [1.807, 2.05) is 13.8 Å². The number of anilines is 1. The number of imide groups is 1. The van der Waals surface area contributed by atoms with E-state index in [4.69, 9.17) is 38.3 Å². The van der Waals surface area contributed by atoms with Gasteiger partial charge in [0.2, 0.25) is 5.71 Å². The van der Waals surface area contributed by atoms with Gasteiger partial charge in [0.25, 0.3) is 11.5 Å². The molecule has 2 aromatic rings. The minimum Gasteiger partial charge on any atom is -0.465 e. The number of nitrogens with one attached hydrogen (secondary N) is 2. The molecule has 0 saturated heterocycles. The second-order valence-electron chi connectivity index (χ2n) is 6.52. The number of aromatic nitrogens is 1. The Morgan fingerprint density at radius 1 is 1.26 bits per heavy atom. The molecular formula is C19H17Cl2N5O5. The van der Waals surface area contributed by atoms with Gasteiger partial charge in [0.15, 0.2) is 5.75 Å². The lowest BCUT2D eigenvalue weighted by molar-refractivity contribution is -0.114. The first kappa shape index (κ1) is 23.7. The summed E-state index contributed by atoms with van der Waals surface area (Å²) in [7, 11) is 1.60. The molecule has 1 aromatic carbocycles. The Morgan fingerprint density at radius 3 is 2.39 bits per heavy atom. The Balaban J connectivity index is 2.30. The summed E-state index contributed by atoms with van der Waals surface area (Å²) in [5.74, 6) is -0.749. The second-order valence-corrected chi connectivity index (χ2v) is 7.33. The van der Waals surface area contributed by atoms with Crippen LogP contribution in [0.1, 0.15) is 25.3 Å². The zero-order valence-corrected chi connectivity index (χ0v) is 18.1. The Hall–Kier alpha value is -3.55. The normalized spacial score (nSPS) is 11.1. The number of ether oxygens (including phenoxy) is 1. The predicted molar refractivity (Wildman–Crippen MR) is 115 cm³/mol. The van der Waals surface area contributed by atoms with Crippen LogP contribution in [-0.2, 0) is 11.8 Å². The third-order valence-electron chi connectivity index (χ3n) is 3.86. The summed E-state index contributed by atoms with van der Waals surface area (Å²) in [6.45, 7) is 3.77. The summed E-state index contributed by atoms with van der Waals surface area (Å²) < 4.78 is 7.17. The highest BCUT2D eigenvalue weighted by Crippen LogP contribution is 2.39. The summed E-state index contributed by atoms with van der Waals surface area (Å²) in [6, 6.07) is 5.83. The fourth-order valence-electron chi connectivity index (χ4n) is 2.42. The van der Waals surface area contributed by atoms with E-state index in [1.165, 1.54) is 34.3 Å². The topological polar surface area (TPSA) is 146 Å². The number of hydrogen-bond acceptors (Lipinski definition) is 7. The third-order valence-corrected chi connectivity index (χ3v) is 4.43. The summed E-state index contributed by atoms with van der Waals surface area (Å²) in [4.78, 5) is 34.2. The monoisotopic (exact) mass is 465 g/mol. The van der Waals surface area contributed by atoms with Crippen LogP contribution in [0.15, 0.2) is 34.3 Å². The number of hydrazone groups is 1. The molecule has 0 aliphatic rings. The van der Waals surface area contributed by atoms with Gasteiger partial charge in [-0.3, -0.25) is 20.3 Å². The molecule has 1 aromatic heterocycles. The van der Waals surface area contributed by atoms with Crippen molar-refractivity contribution in [3.05, 3.63) is 50.4 Å². The molecule has 0 atom stereocenters. The standard InChI is InChI=1S/C19H17Cl2N5O5/c1-9(2)12-6-11(8-26(3)18(12)28)31-16-13(20)4-10(5-14(16)21)24-25-15(7-22)17(27)23-19(29)30/h4-6,8-9,24H,1-3H3,(H,23,27)(H,29,30). The smallest absolute Gasteiger partial charge is 0.411 e. The van der Waals surface area contributed by atoms with Gasteiger partial charge in [-0.05, 0) is 24.1 Å². The van der Waals surface area contributed by atoms with E-state index in [1.54, 1.807) is 13.1 Å². The Bertz CT molecular complexity index is 1140. The average molecular weight is 466 g/mol. The zero-order valence-electron chi connectivity index (χ0n) is 16.6. The Kier molecular flexibility index (Phi) is 7.63. The van der Waals surface area contributed by atoms with Gasteiger partial charge in [-0.25, -0.2) is 4.79 Å². The average Bonchev–Trinajstić information content (AvgIpc) is 2.67. The van der Waals surface area contributed by atoms with Crippen molar-refractivity contribution in [1.82, 2.24) is 9.88 Å². The first-order chi connectivity index (χ1) is 14.5. The number of carbonyl (C=O) groups excluding carboxylic acids is 1. The zero-order chi connectivity index (χ0) is 23.3. The van der Waals surface area contributed by atoms with E-state index >= 15 is 0 Å². The minimum absolute atomic E-state index is 0.0229. The van der Waals surface area contributed by atoms with Crippen molar-refractivity contribution in [3.63, 3.8) is 0 Å². The Morgan fingerprint density at radius 2 is 1.87 bits per heavy atom. The minimum atomic E-state index is -1.63. The van der Waals surface area contributed by atoms with Crippen molar-refractivity contribution >= 4 is 46.6 Å². The predicted octanol–water partition coefficient (Wildman–Crippen LogP) is 3.69. The molecule has 1 heterocycles. The molecule has 12 heteroatoms. The van der Waals surface area contributed by atoms with Crippen molar-refractivity contribution in [2.24, 2.45) is 12.1 Å². The van der Waals surface area contributed by atoms with Crippen LogP contribution in [0.2, 0.25) is 10.0 Å². The van der Waals surface area contributed by atoms with Crippen LogP contribution in [0.25, 0.3) is 0 Å². The van der Waals surface area contributed by atoms with Gasteiger partial charge in [0.05, 0.1) is 15.7 Å². The van der Waals surface area contributed by atoms with E-state index in [0.29, 0.717) is 11.3 Å². The quantitative estimate of drug-likeness (QED) is 0.435. The molecule has 0 unspecified atom stereocenters. The van der Waals surface area contributed by atoms with E-state index in [0.717, 1.165) is 0 Å². The highest BCUT2D eigenvalue weighted by atomic mass is 35.5. The number of pyridine rings is 1. The van der Waals surface area contributed by atoms with Crippen molar-refractivity contribution in [2.75, 3.05) is 5.43 Å². The fourth-order valence-corrected chi connectivity index (χ4v) is 2.98. The van der Waals surface area contributed by atoms with Crippen molar-refractivity contribution in [3.8, 4) is 17.6 Å². The van der Waals surface area contributed by atoms with Crippen LogP contribution in [0.3, 0.4) is 0 Å². The third kappa shape index (κ3) is 5.97. The lowest BCUT2D eigenvalue weighted by Crippen LogP contribution is -2.34.